The maximum Gasteiger partial charge on any atom is 0.243 e. The van der Waals surface area contributed by atoms with Gasteiger partial charge in [-0.2, -0.15) is 0 Å². The van der Waals surface area contributed by atoms with Crippen LogP contribution in [0.4, 0.5) is 5.69 Å². The summed E-state index contributed by atoms with van der Waals surface area (Å²) in [6.07, 6.45) is 0.945. The molecule has 3 rings (SSSR count). The van der Waals surface area contributed by atoms with Crippen LogP contribution in [0.1, 0.15) is 31.4 Å². The number of rotatable bonds is 8. The van der Waals surface area contributed by atoms with E-state index >= 15 is 0 Å². The van der Waals surface area contributed by atoms with Crippen molar-refractivity contribution in [1.82, 2.24) is 14.9 Å². The first-order valence-electron chi connectivity index (χ1n) is 10.3. The smallest absolute Gasteiger partial charge is 0.243 e. The molecule has 2 N–H and O–H groups in total. The lowest BCUT2D eigenvalue weighted by Gasteiger charge is -2.14. The van der Waals surface area contributed by atoms with E-state index in [0.717, 1.165) is 46.0 Å². The van der Waals surface area contributed by atoms with Crippen molar-refractivity contribution < 1.29 is 9.59 Å². The highest BCUT2D eigenvalue weighted by Gasteiger charge is 2.20. The second-order valence-electron chi connectivity index (χ2n) is 7.47. The van der Waals surface area contributed by atoms with Crippen molar-refractivity contribution in [2.75, 3.05) is 11.9 Å². The van der Waals surface area contributed by atoms with Gasteiger partial charge in [0.1, 0.15) is 0 Å². The number of aryl methyl sites for hydroxylation is 3. The first-order chi connectivity index (χ1) is 14.8. The van der Waals surface area contributed by atoms with E-state index in [1.807, 2.05) is 57.2 Å². The summed E-state index contributed by atoms with van der Waals surface area (Å²) in [5.41, 5.74) is 4.56. The van der Waals surface area contributed by atoms with Gasteiger partial charge in [0.15, 0.2) is 5.16 Å². The molecule has 1 aromatic heterocycles. The monoisotopic (exact) mass is 458 g/mol. The van der Waals surface area contributed by atoms with Gasteiger partial charge in [-0.1, -0.05) is 48.5 Å². The van der Waals surface area contributed by atoms with Gasteiger partial charge in [0, 0.05) is 17.3 Å². The number of amides is 2. The minimum Gasteiger partial charge on any atom is -0.346 e. The average Bonchev–Trinajstić information content (AvgIpc) is 3.05. The molecule has 31 heavy (non-hydrogen) atoms. The van der Waals surface area contributed by atoms with E-state index in [-0.39, 0.29) is 18.4 Å². The van der Waals surface area contributed by atoms with Gasteiger partial charge in [-0.15, -0.1) is 0 Å². The number of nitrogens with one attached hydrogen (secondary N) is 2. The summed E-state index contributed by atoms with van der Waals surface area (Å²) in [6.45, 7) is 8.50. The van der Waals surface area contributed by atoms with Gasteiger partial charge in [0.2, 0.25) is 11.8 Å². The Labute approximate surface area is 191 Å². The fourth-order valence-corrected chi connectivity index (χ4v) is 4.47. The van der Waals surface area contributed by atoms with Crippen LogP contribution in [0.3, 0.4) is 0 Å². The number of carbonyl (C=O) groups excluding carboxylic acids is 2. The van der Waals surface area contributed by atoms with Gasteiger partial charge in [-0.25, -0.2) is 4.98 Å². The maximum atomic E-state index is 12.6. The second-order valence-corrected chi connectivity index (χ2v) is 9.22. The van der Waals surface area contributed by atoms with E-state index in [0.29, 0.717) is 5.02 Å². The largest absolute Gasteiger partial charge is 0.346 e. The molecular weight excluding hydrogens is 432 g/mol. The number of anilines is 1. The van der Waals surface area contributed by atoms with Gasteiger partial charge in [-0.05, 0) is 56.5 Å². The molecule has 6 nitrogen and oxygen atoms in total. The normalized spacial score (nSPS) is 12.0. The molecule has 0 fully saturated rings. The van der Waals surface area contributed by atoms with Crippen molar-refractivity contribution in [1.29, 1.82) is 0 Å². The lowest BCUT2D eigenvalue weighted by molar-refractivity contribution is -0.123. The third-order valence-electron chi connectivity index (χ3n) is 4.94. The fraction of sp³-hybridized carbons (Fsp3) is 0.348. The Morgan fingerprint density at radius 1 is 1.19 bits per heavy atom. The van der Waals surface area contributed by atoms with Crippen molar-refractivity contribution >= 4 is 51.9 Å². The third-order valence-corrected chi connectivity index (χ3v) is 6.27. The van der Waals surface area contributed by atoms with Crippen LogP contribution in [0, 0.1) is 13.8 Å². The van der Waals surface area contributed by atoms with Gasteiger partial charge in [-0.3, -0.25) is 9.59 Å². The minimum atomic E-state index is -0.407. The highest BCUT2D eigenvalue weighted by Crippen LogP contribution is 2.29. The summed E-state index contributed by atoms with van der Waals surface area (Å²) < 4.78 is 2.10. The third kappa shape index (κ3) is 5.60. The summed E-state index contributed by atoms with van der Waals surface area (Å²) >= 11 is 7.48. The number of imidazole rings is 1. The molecule has 0 saturated heterocycles. The van der Waals surface area contributed by atoms with Crippen molar-refractivity contribution in [3.05, 3.63) is 52.5 Å². The lowest BCUT2D eigenvalue weighted by atomic mass is 10.1. The minimum absolute atomic E-state index is 0.0848. The van der Waals surface area contributed by atoms with Crippen molar-refractivity contribution in [2.45, 2.75) is 51.1 Å². The molecule has 2 amide bonds. The van der Waals surface area contributed by atoms with Crippen LogP contribution in [-0.2, 0) is 16.1 Å². The van der Waals surface area contributed by atoms with Gasteiger partial charge >= 0.3 is 0 Å². The standard InChI is InChI=1S/C23H27ClN4O2S/c1-5-11-28-19-10-9-17(24)12-18(19)26-23(28)31-16(4)22(30)25-13-20(29)27-21-14(2)7-6-8-15(21)3/h6-10,12,16H,5,11,13H2,1-4H3,(H,25,30)(H,27,29). The molecule has 0 aliphatic rings. The average molecular weight is 459 g/mol. The van der Waals surface area contributed by atoms with Crippen molar-refractivity contribution in [2.24, 2.45) is 0 Å². The molecule has 0 aliphatic heterocycles. The Kier molecular flexibility index (Phi) is 7.62. The number of hydrogen-bond donors (Lipinski definition) is 2. The quantitative estimate of drug-likeness (QED) is 0.468. The fourth-order valence-electron chi connectivity index (χ4n) is 3.33. The zero-order chi connectivity index (χ0) is 22.5. The van der Waals surface area contributed by atoms with Crippen LogP contribution >= 0.6 is 23.4 Å². The zero-order valence-corrected chi connectivity index (χ0v) is 19.7. The predicted molar refractivity (Wildman–Crippen MR) is 128 cm³/mol. The molecule has 1 unspecified atom stereocenters. The zero-order valence-electron chi connectivity index (χ0n) is 18.2. The van der Waals surface area contributed by atoms with Crippen LogP contribution < -0.4 is 10.6 Å². The number of hydrogen-bond acceptors (Lipinski definition) is 4. The van der Waals surface area contributed by atoms with E-state index in [1.54, 1.807) is 0 Å². The number of fused-ring (bicyclic) bond motifs is 1. The van der Waals surface area contributed by atoms with Gasteiger partial charge in [0.25, 0.3) is 0 Å². The number of benzene rings is 2. The Hall–Kier alpha value is -2.51. The molecule has 164 valence electrons. The Morgan fingerprint density at radius 2 is 1.90 bits per heavy atom. The van der Waals surface area contributed by atoms with Crippen LogP contribution in [-0.4, -0.2) is 33.2 Å². The van der Waals surface area contributed by atoms with E-state index in [4.69, 9.17) is 11.6 Å². The molecule has 0 aliphatic carbocycles. The summed E-state index contributed by atoms with van der Waals surface area (Å²) in [5.74, 6) is -0.467. The number of carbonyl (C=O) groups is 2. The van der Waals surface area contributed by atoms with Crippen molar-refractivity contribution in [3.8, 4) is 0 Å². The van der Waals surface area contributed by atoms with Crippen LogP contribution in [0.15, 0.2) is 41.6 Å². The molecule has 2 aromatic carbocycles. The predicted octanol–water partition coefficient (Wildman–Crippen LogP) is 4.95. The topological polar surface area (TPSA) is 76.0 Å². The molecule has 0 spiro atoms. The second kappa shape index (κ2) is 10.2. The first kappa shape index (κ1) is 23.2. The van der Waals surface area contributed by atoms with Crippen LogP contribution in [0.2, 0.25) is 5.02 Å². The van der Waals surface area contributed by atoms with Crippen LogP contribution in [0.5, 0.6) is 0 Å². The van der Waals surface area contributed by atoms with Crippen LogP contribution in [0.25, 0.3) is 11.0 Å². The number of halogens is 1. The molecule has 1 atom stereocenters. The SMILES string of the molecule is CCCn1c(SC(C)C(=O)NCC(=O)Nc2c(C)cccc2C)nc2cc(Cl)ccc21. The highest BCUT2D eigenvalue weighted by molar-refractivity contribution is 8.00. The molecule has 0 saturated carbocycles. The van der Waals surface area contributed by atoms with Gasteiger partial charge < -0.3 is 15.2 Å². The van der Waals surface area contributed by atoms with E-state index in [9.17, 15) is 9.59 Å². The molecule has 3 aromatic rings. The molecule has 0 radical (unpaired) electrons. The Balaban J connectivity index is 1.63. The summed E-state index contributed by atoms with van der Waals surface area (Å²) in [5, 5.41) is 6.60. The van der Waals surface area contributed by atoms with E-state index in [1.165, 1.54) is 11.8 Å². The van der Waals surface area contributed by atoms with E-state index in [2.05, 4.69) is 27.1 Å². The summed E-state index contributed by atoms with van der Waals surface area (Å²) in [4.78, 5) is 29.6. The number of thioether (sulfide) groups is 1. The highest BCUT2D eigenvalue weighted by atomic mass is 35.5. The Morgan fingerprint density at radius 3 is 2.58 bits per heavy atom. The summed E-state index contributed by atoms with van der Waals surface area (Å²) in [7, 11) is 0. The first-order valence-corrected chi connectivity index (χ1v) is 11.5. The number of nitrogens with zero attached hydrogens (tertiary/aromatic N) is 2. The molecule has 1 heterocycles. The lowest BCUT2D eigenvalue weighted by Crippen LogP contribution is -2.37. The molecule has 0 bridgehead atoms. The van der Waals surface area contributed by atoms with Gasteiger partial charge in [0.05, 0.1) is 22.8 Å². The van der Waals surface area contributed by atoms with Crippen molar-refractivity contribution in [3.63, 3.8) is 0 Å². The Bertz CT molecular complexity index is 1090. The number of para-hydroxylation sites is 1. The molecular formula is C23H27ClN4O2S. The number of aromatic nitrogens is 2. The maximum absolute atomic E-state index is 12.6. The summed E-state index contributed by atoms with van der Waals surface area (Å²) in [6, 6.07) is 11.5. The van der Waals surface area contributed by atoms with E-state index < -0.39 is 5.25 Å². The molecule has 8 heteroatoms.